The SMILES string of the molecule is O=C(O)/C=C\c1ccnc2ccccc12. The van der Waals surface area contributed by atoms with E-state index < -0.39 is 5.97 Å². The number of pyridine rings is 1. The summed E-state index contributed by atoms with van der Waals surface area (Å²) in [5, 5.41) is 9.50. The minimum atomic E-state index is -0.948. The van der Waals surface area contributed by atoms with Crippen LogP contribution >= 0.6 is 0 Å². The minimum Gasteiger partial charge on any atom is -0.478 e. The van der Waals surface area contributed by atoms with Crippen LogP contribution in [0.2, 0.25) is 0 Å². The van der Waals surface area contributed by atoms with E-state index in [2.05, 4.69) is 4.98 Å². The number of rotatable bonds is 2. The molecule has 0 saturated heterocycles. The molecule has 0 bridgehead atoms. The number of fused-ring (bicyclic) bond motifs is 1. The number of carboxylic acids is 1. The number of carbonyl (C=O) groups is 1. The third-order valence-corrected chi connectivity index (χ3v) is 2.09. The Kier molecular flexibility index (Phi) is 2.46. The fourth-order valence-corrected chi connectivity index (χ4v) is 1.42. The molecule has 1 aromatic heterocycles. The van der Waals surface area contributed by atoms with Gasteiger partial charge in [-0.1, -0.05) is 18.2 Å². The summed E-state index contributed by atoms with van der Waals surface area (Å²) < 4.78 is 0. The molecule has 1 heterocycles. The maximum Gasteiger partial charge on any atom is 0.328 e. The topological polar surface area (TPSA) is 50.2 Å². The van der Waals surface area contributed by atoms with Crippen LogP contribution in [0.4, 0.5) is 0 Å². The number of carboxylic acid groups (broad SMARTS) is 1. The molecule has 0 atom stereocenters. The number of aliphatic carboxylic acids is 1. The summed E-state index contributed by atoms with van der Waals surface area (Å²) in [6.45, 7) is 0. The maximum atomic E-state index is 10.4. The quantitative estimate of drug-likeness (QED) is 0.755. The minimum absolute atomic E-state index is 0.864. The van der Waals surface area contributed by atoms with Gasteiger partial charge in [-0.05, 0) is 23.8 Å². The second-order valence-corrected chi connectivity index (χ2v) is 3.09. The van der Waals surface area contributed by atoms with Crippen LogP contribution in [0.15, 0.2) is 42.6 Å². The van der Waals surface area contributed by atoms with Crippen LogP contribution < -0.4 is 0 Å². The maximum absolute atomic E-state index is 10.4. The molecule has 0 amide bonds. The fourth-order valence-electron chi connectivity index (χ4n) is 1.42. The molecule has 1 aromatic carbocycles. The molecular weight excluding hydrogens is 190 g/mol. The van der Waals surface area contributed by atoms with Crippen LogP contribution in [0.5, 0.6) is 0 Å². The zero-order chi connectivity index (χ0) is 10.7. The van der Waals surface area contributed by atoms with Crippen molar-refractivity contribution in [1.29, 1.82) is 0 Å². The van der Waals surface area contributed by atoms with E-state index in [9.17, 15) is 4.79 Å². The number of hydrogen-bond acceptors (Lipinski definition) is 2. The second kappa shape index (κ2) is 3.92. The smallest absolute Gasteiger partial charge is 0.328 e. The van der Waals surface area contributed by atoms with Crippen LogP contribution in [-0.4, -0.2) is 16.1 Å². The third kappa shape index (κ3) is 2.02. The zero-order valence-corrected chi connectivity index (χ0v) is 7.92. The molecule has 0 aliphatic rings. The highest BCUT2D eigenvalue weighted by molar-refractivity contribution is 5.92. The van der Waals surface area contributed by atoms with E-state index in [0.29, 0.717) is 0 Å². The van der Waals surface area contributed by atoms with Crippen molar-refractivity contribution >= 4 is 22.9 Å². The Labute approximate surface area is 86.7 Å². The molecule has 3 heteroatoms. The predicted molar refractivity (Wildman–Crippen MR) is 58.4 cm³/mol. The van der Waals surface area contributed by atoms with Crippen molar-refractivity contribution in [2.75, 3.05) is 0 Å². The molecule has 15 heavy (non-hydrogen) atoms. The molecule has 0 aliphatic heterocycles. The van der Waals surface area contributed by atoms with Crippen LogP contribution in [0.3, 0.4) is 0 Å². The summed E-state index contributed by atoms with van der Waals surface area (Å²) in [7, 11) is 0. The first-order chi connectivity index (χ1) is 7.27. The molecule has 2 aromatic rings. The van der Waals surface area contributed by atoms with Gasteiger partial charge >= 0.3 is 5.97 Å². The van der Waals surface area contributed by atoms with Crippen molar-refractivity contribution in [2.45, 2.75) is 0 Å². The lowest BCUT2D eigenvalue weighted by Gasteiger charge is -1.99. The zero-order valence-electron chi connectivity index (χ0n) is 7.92. The normalized spacial score (nSPS) is 10.9. The van der Waals surface area contributed by atoms with Gasteiger partial charge in [-0.15, -0.1) is 0 Å². The first-order valence-electron chi connectivity index (χ1n) is 4.52. The molecule has 74 valence electrons. The summed E-state index contributed by atoms with van der Waals surface area (Å²) in [5.74, 6) is -0.948. The average molecular weight is 199 g/mol. The van der Waals surface area contributed by atoms with E-state index >= 15 is 0 Å². The van der Waals surface area contributed by atoms with Crippen LogP contribution in [-0.2, 0) is 4.79 Å². The number of hydrogen-bond donors (Lipinski definition) is 1. The Morgan fingerprint density at radius 1 is 1.27 bits per heavy atom. The second-order valence-electron chi connectivity index (χ2n) is 3.09. The Morgan fingerprint density at radius 2 is 2.07 bits per heavy atom. The highest BCUT2D eigenvalue weighted by Gasteiger charge is 1.97. The van der Waals surface area contributed by atoms with Gasteiger partial charge in [0.05, 0.1) is 5.52 Å². The Morgan fingerprint density at radius 3 is 2.87 bits per heavy atom. The van der Waals surface area contributed by atoms with E-state index in [1.54, 1.807) is 18.3 Å². The lowest BCUT2D eigenvalue weighted by Crippen LogP contribution is -1.87. The van der Waals surface area contributed by atoms with Crippen molar-refractivity contribution in [2.24, 2.45) is 0 Å². The molecule has 3 nitrogen and oxygen atoms in total. The van der Waals surface area contributed by atoms with Gasteiger partial charge < -0.3 is 5.11 Å². The van der Waals surface area contributed by atoms with Crippen LogP contribution in [0, 0.1) is 0 Å². The summed E-state index contributed by atoms with van der Waals surface area (Å²) in [6, 6.07) is 9.42. The van der Waals surface area contributed by atoms with Gasteiger partial charge in [-0.2, -0.15) is 0 Å². The molecule has 0 aliphatic carbocycles. The van der Waals surface area contributed by atoms with Gasteiger partial charge in [0.15, 0.2) is 0 Å². The van der Waals surface area contributed by atoms with Crippen molar-refractivity contribution in [3.8, 4) is 0 Å². The Bertz CT molecular complexity index is 527. The van der Waals surface area contributed by atoms with Crippen LogP contribution in [0.25, 0.3) is 17.0 Å². The molecule has 0 saturated carbocycles. The van der Waals surface area contributed by atoms with Gasteiger partial charge in [0.25, 0.3) is 0 Å². The van der Waals surface area contributed by atoms with Crippen LogP contribution in [0.1, 0.15) is 5.56 Å². The first-order valence-corrected chi connectivity index (χ1v) is 4.52. The lowest BCUT2D eigenvalue weighted by atomic mass is 10.1. The van der Waals surface area contributed by atoms with Gasteiger partial charge in [-0.3, -0.25) is 4.98 Å². The van der Waals surface area contributed by atoms with Crippen molar-refractivity contribution in [1.82, 2.24) is 4.98 Å². The Hall–Kier alpha value is -2.16. The highest BCUT2D eigenvalue weighted by Crippen LogP contribution is 2.17. The standard InChI is InChI=1S/C12H9NO2/c14-12(15)6-5-9-7-8-13-11-4-2-1-3-10(9)11/h1-8H,(H,14,15)/b6-5-. The molecular formula is C12H9NO2. The van der Waals surface area contributed by atoms with E-state index in [-0.39, 0.29) is 0 Å². The van der Waals surface area contributed by atoms with Gasteiger partial charge in [0.2, 0.25) is 0 Å². The van der Waals surface area contributed by atoms with Gasteiger partial charge in [-0.25, -0.2) is 4.79 Å². The first kappa shape index (κ1) is 9.40. The predicted octanol–water partition coefficient (Wildman–Crippen LogP) is 2.33. The lowest BCUT2D eigenvalue weighted by molar-refractivity contribution is -0.131. The van der Waals surface area contributed by atoms with E-state index in [0.717, 1.165) is 22.5 Å². The number of para-hydroxylation sites is 1. The van der Waals surface area contributed by atoms with Crippen molar-refractivity contribution in [3.05, 3.63) is 48.2 Å². The summed E-state index contributed by atoms with van der Waals surface area (Å²) in [6.07, 6.45) is 4.37. The molecule has 0 unspecified atom stereocenters. The molecule has 0 radical (unpaired) electrons. The number of benzene rings is 1. The van der Waals surface area contributed by atoms with Crippen molar-refractivity contribution in [3.63, 3.8) is 0 Å². The molecule has 0 spiro atoms. The van der Waals surface area contributed by atoms with E-state index in [1.807, 2.05) is 24.3 Å². The average Bonchev–Trinajstić information content (AvgIpc) is 2.26. The van der Waals surface area contributed by atoms with Gasteiger partial charge in [0.1, 0.15) is 0 Å². The largest absolute Gasteiger partial charge is 0.478 e. The molecule has 1 N–H and O–H groups in total. The van der Waals surface area contributed by atoms with E-state index in [1.165, 1.54) is 0 Å². The monoisotopic (exact) mass is 199 g/mol. The van der Waals surface area contributed by atoms with E-state index in [4.69, 9.17) is 5.11 Å². The number of nitrogens with zero attached hydrogens (tertiary/aromatic N) is 1. The van der Waals surface area contributed by atoms with Gasteiger partial charge in [0, 0.05) is 17.7 Å². The third-order valence-electron chi connectivity index (χ3n) is 2.09. The highest BCUT2D eigenvalue weighted by atomic mass is 16.4. The summed E-state index contributed by atoms with van der Waals surface area (Å²) in [5.41, 5.74) is 1.73. The summed E-state index contributed by atoms with van der Waals surface area (Å²) >= 11 is 0. The number of aromatic nitrogens is 1. The molecule has 0 fully saturated rings. The Balaban J connectivity index is 2.56. The van der Waals surface area contributed by atoms with Crippen molar-refractivity contribution < 1.29 is 9.90 Å². The molecule has 2 rings (SSSR count). The summed E-state index contributed by atoms with van der Waals surface area (Å²) in [4.78, 5) is 14.6. The fraction of sp³-hybridized carbons (Fsp3) is 0.